The van der Waals surface area contributed by atoms with Gasteiger partial charge in [-0.2, -0.15) is 11.8 Å². The van der Waals surface area contributed by atoms with Crippen LogP contribution in [0.2, 0.25) is 0 Å². The summed E-state index contributed by atoms with van der Waals surface area (Å²) in [4.78, 5) is 17.7. The monoisotopic (exact) mass is 258 g/mol. The molecule has 0 aliphatic carbocycles. The molecule has 0 unspecified atom stereocenters. The number of likely N-dealkylation sites (tertiary alicyclic amines) is 1. The lowest BCUT2D eigenvalue weighted by molar-refractivity contribution is 0.0748. The first-order chi connectivity index (χ1) is 8.81. The van der Waals surface area contributed by atoms with Crippen molar-refractivity contribution in [1.29, 1.82) is 0 Å². The third-order valence-corrected chi connectivity index (χ3v) is 5.35. The van der Waals surface area contributed by atoms with Gasteiger partial charge in [-0.3, -0.25) is 4.79 Å². The Hall–Kier alpha value is -1.42. The number of nitrogens with zero attached hydrogens (tertiary/aromatic N) is 1. The number of benzene rings is 1. The van der Waals surface area contributed by atoms with E-state index in [1.807, 2.05) is 42.2 Å². The molecule has 2 aromatic rings. The lowest BCUT2D eigenvalue weighted by Gasteiger charge is -2.26. The molecule has 2 atom stereocenters. The first-order valence-electron chi connectivity index (χ1n) is 6.31. The molecule has 0 radical (unpaired) electrons. The van der Waals surface area contributed by atoms with Crippen molar-refractivity contribution < 1.29 is 4.79 Å². The molecule has 92 valence electrons. The summed E-state index contributed by atoms with van der Waals surface area (Å²) >= 11 is 2.01. The number of aromatic amines is 1. The molecule has 4 rings (SSSR count). The van der Waals surface area contributed by atoms with Gasteiger partial charge in [0.2, 0.25) is 0 Å². The highest BCUT2D eigenvalue weighted by Crippen LogP contribution is 2.38. The quantitative estimate of drug-likeness (QED) is 0.853. The molecule has 2 aliphatic heterocycles. The van der Waals surface area contributed by atoms with Gasteiger partial charge in [-0.05, 0) is 30.7 Å². The van der Waals surface area contributed by atoms with Gasteiger partial charge in [0.15, 0.2) is 0 Å². The molecule has 4 heteroatoms. The van der Waals surface area contributed by atoms with Gasteiger partial charge in [-0.15, -0.1) is 0 Å². The van der Waals surface area contributed by atoms with E-state index in [4.69, 9.17) is 0 Å². The van der Waals surface area contributed by atoms with E-state index in [1.54, 1.807) is 0 Å². The number of hydrogen-bond donors (Lipinski definition) is 1. The minimum absolute atomic E-state index is 0.200. The Morgan fingerprint density at radius 1 is 1.39 bits per heavy atom. The highest BCUT2D eigenvalue weighted by atomic mass is 32.2. The van der Waals surface area contributed by atoms with E-state index in [9.17, 15) is 4.79 Å². The van der Waals surface area contributed by atoms with Crippen molar-refractivity contribution in [3.8, 4) is 0 Å². The first kappa shape index (κ1) is 10.5. The van der Waals surface area contributed by atoms with Crippen LogP contribution in [0.15, 0.2) is 30.5 Å². The van der Waals surface area contributed by atoms with Crippen LogP contribution in [0.1, 0.15) is 16.8 Å². The van der Waals surface area contributed by atoms with Crippen LogP contribution < -0.4 is 0 Å². The number of hydrogen-bond acceptors (Lipinski definition) is 2. The topological polar surface area (TPSA) is 36.1 Å². The molecular weight excluding hydrogens is 244 g/mol. The highest BCUT2D eigenvalue weighted by molar-refractivity contribution is 8.00. The Morgan fingerprint density at radius 2 is 2.33 bits per heavy atom. The van der Waals surface area contributed by atoms with E-state index in [0.717, 1.165) is 28.8 Å². The van der Waals surface area contributed by atoms with Crippen LogP contribution >= 0.6 is 11.8 Å². The lowest BCUT2D eigenvalue weighted by atomic mass is 10.1. The molecule has 2 bridgehead atoms. The summed E-state index contributed by atoms with van der Waals surface area (Å²) < 4.78 is 0. The number of H-pyrrole nitrogens is 1. The van der Waals surface area contributed by atoms with Crippen molar-refractivity contribution in [2.24, 2.45) is 0 Å². The van der Waals surface area contributed by atoms with Gasteiger partial charge in [0, 0.05) is 46.3 Å². The lowest BCUT2D eigenvalue weighted by Crippen LogP contribution is -2.39. The van der Waals surface area contributed by atoms with Gasteiger partial charge >= 0.3 is 0 Å². The summed E-state index contributed by atoms with van der Waals surface area (Å²) in [7, 11) is 0. The summed E-state index contributed by atoms with van der Waals surface area (Å²) in [5.41, 5.74) is 1.91. The fourth-order valence-electron chi connectivity index (χ4n) is 3.00. The number of aromatic nitrogens is 1. The van der Waals surface area contributed by atoms with Crippen LogP contribution in [0.25, 0.3) is 10.9 Å². The van der Waals surface area contributed by atoms with Crippen LogP contribution in [0, 0.1) is 0 Å². The molecule has 1 aromatic carbocycles. The number of thioether (sulfide) groups is 1. The fourth-order valence-corrected chi connectivity index (χ4v) is 4.44. The molecular formula is C14H14N2OS. The molecule has 2 aliphatic rings. The van der Waals surface area contributed by atoms with E-state index in [2.05, 4.69) is 9.88 Å². The number of carbonyl (C=O) groups is 1. The number of amides is 1. The number of nitrogens with one attached hydrogen (secondary N) is 1. The highest BCUT2D eigenvalue weighted by Gasteiger charge is 2.41. The second kappa shape index (κ2) is 3.79. The van der Waals surface area contributed by atoms with E-state index < -0.39 is 0 Å². The van der Waals surface area contributed by atoms with E-state index in [0.29, 0.717) is 11.3 Å². The maximum Gasteiger partial charge on any atom is 0.254 e. The van der Waals surface area contributed by atoms with Crippen molar-refractivity contribution in [3.05, 3.63) is 36.0 Å². The van der Waals surface area contributed by atoms with Crippen molar-refractivity contribution in [2.45, 2.75) is 17.7 Å². The zero-order valence-corrected chi connectivity index (χ0v) is 10.7. The summed E-state index contributed by atoms with van der Waals surface area (Å²) in [5.74, 6) is 1.31. The zero-order chi connectivity index (χ0) is 12.1. The van der Waals surface area contributed by atoms with E-state index >= 15 is 0 Å². The van der Waals surface area contributed by atoms with Gasteiger partial charge in [0.05, 0.1) is 0 Å². The molecule has 1 amide bonds. The van der Waals surface area contributed by atoms with Crippen LogP contribution in [0.3, 0.4) is 0 Å². The summed E-state index contributed by atoms with van der Waals surface area (Å²) in [6.07, 6.45) is 3.09. The Morgan fingerprint density at radius 3 is 3.11 bits per heavy atom. The predicted octanol–water partition coefficient (Wildman–Crippen LogP) is 2.50. The van der Waals surface area contributed by atoms with Gasteiger partial charge in [0.1, 0.15) is 0 Å². The predicted molar refractivity (Wildman–Crippen MR) is 74.0 cm³/mol. The molecule has 18 heavy (non-hydrogen) atoms. The van der Waals surface area contributed by atoms with Gasteiger partial charge in [-0.25, -0.2) is 0 Å². The Labute approximate surface area is 110 Å². The summed E-state index contributed by atoms with van der Waals surface area (Å²) in [6.45, 7) is 0.930. The third-order valence-electron chi connectivity index (χ3n) is 3.96. The molecule has 3 heterocycles. The molecule has 2 saturated heterocycles. The fraction of sp³-hybridized carbons (Fsp3) is 0.357. The van der Waals surface area contributed by atoms with Gasteiger partial charge in [0.25, 0.3) is 5.91 Å². The van der Waals surface area contributed by atoms with Crippen LogP contribution in [-0.2, 0) is 0 Å². The van der Waals surface area contributed by atoms with Crippen molar-refractivity contribution in [3.63, 3.8) is 0 Å². The number of carbonyl (C=O) groups excluding carboxylic acids is 1. The second-order valence-corrected chi connectivity index (χ2v) is 6.42. The van der Waals surface area contributed by atoms with Gasteiger partial charge < -0.3 is 9.88 Å². The SMILES string of the molecule is O=C(c1ccc2[nH]ccc2c1)N1C[C@H]2C[C@H]1CS2. The maximum atomic E-state index is 12.5. The summed E-state index contributed by atoms with van der Waals surface area (Å²) in [5, 5.41) is 1.79. The zero-order valence-electron chi connectivity index (χ0n) is 9.93. The molecule has 1 aromatic heterocycles. The second-order valence-electron chi connectivity index (χ2n) is 5.08. The molecule has 3 nitrogen and oxygen atoms in total. The standard InChI is InChI=1S/C14H14N2OS/c17-14(16-7-12-6-11(16)8-18-12)10-1-2-13-9(5-10)3-4-15-13/h1-5,11-12,15H,6-8H2/t11-,12+/m0/s1. The Balaban J connectivity index is 1.67. The molecule has 1 N–H and O–H groups in total. The van der Waals surface area contributed by atoms with Crippen LogP contribution in [-0.4, -0.2) is 39.4 Å². The van der Waals surface area contributed by atoms with Gasteiger partial charge in [-0.1, -0.05) is 0 Å². The normalized spacial score (nSPS) is 26.1. The largest absolute Gasteiger partial charge is 0.361 e. The van der Waals surface area contributed by atoms with Crippen molar-refractivity contribution in [1.82, 2.24) is 9.88 Å². The Kier molecular flexibility index (Phi) is 2.21. The average molecular weight is 258 g/mol. The average Bonchev–Trinajstić information content (AvgIpc) is 3.12. The van der Waals surface area contributed by atoms with Crippen molar-refractivity contribution in [2.75, 3.05) is 12.3 Å². The number of rotatable bonds is 1. The maximum absolute atomic E-state index is 12.5. The van der Waals surface area contributed by atoms with E-state index in [-0.39, 0.29) is 5.91 Å². The minimum atomic E-state index is 0.200. The van der Waals surface area contributed by atoms with E-state index in [1.165, 1.54) is 6.42 Å². The molecule has 0 saturated carbocycles. The first-order valence-corrected chi connectivity index (χ1v) is 7.36. The number of fused-ring (bicyclic) bond motifs is 3. The molecule has 2 fully saturated rings. The molecule has 0 spiro atoms. The van der Waals surface area contributed by atoms with Crippen LogP contribution in [0.5, 0.6) is 0 Å². The smallest absolute Gasteiger partial charge is 0.254 e. The third kappa shape index (κ3) is 1.48. The summed E-state index contributed by atoms with van der Waals surface area (Å²) in [6, 6.07) is 8.39. The van der Waals surface area contributed by atoms with Crippen molar-refractivity contribution >= 4 is 28.6 Å². The minimum Gasteiger partial charge on any atom is -0.361 e. The Bertz CT molecular complexity index is 621. The van der Waals surface area contributed by atoms with Crippen LogP contribution in [0.4, 0.5) is 0 Å².